The van der Waals surface area contributed by atoms with Gasteiger partial charge in [-0.05, 0) is 30.3 Å². The van der Waals surface area contributed by atoms with Gasteiger partial charge in [0.2, 0.25) is 0 Å². The molecule has 0 aromatic heterocycles. The summed E-state index contributed by atoms with van der Waals surface area (Å²) in [5.74, 6) is 0.585. The van der Waals surface area contributed by atoms with Gasteiger partial charge in [-0.3, -0.25) is 0 Å². The molecule has 0 spiro atoms. The Bertz CT molecular complexity index is 584. The topological polar surface area (TPSA) is 21.3 Å². The van der Waals surface area contributed by atoms with Gasteiger partial charge in [0.15, 0.2) is 0 Å². The SMILES string of the molecule is CNCc1cccc(-c2cc(Cl)c(OC)cc2Cl)c1. The van der Waals surface area contributed by atoms with Gasteiger partial charge in [0, 0.05) is 18.2 Å². The Hall–Kier alpha value is -1.22. The number of halogens is 2. The predicted molar refractivity (Wildman–Crippen MR) is 81.2 cm³/mol. The van der Waals surface area contributed by atoms with Gasteiger partial charge in [0.05, 0.1) is 17.2 Å². The molecule has 0 unspecified atom stereocenters. The van der Waals surface area contributed by atoms with Crippen LogP contribution in [0.1, 0.15) is 5.56 Å². The minimum absolute atomic E-state index is 0.556. The third-order valence-corrected chi connectivity index (χ3v) is 3.47. The highest BCUT2D eigenvalue weighted by Crippen LogP contribution is 2.36. The summed E-state index contributed by atoms with van der Waals surface area (Å²) < 4.78 is 5.15. The molecule has 2 nitrogen and oxygen atoms in total. The zero-order valence-corrected chi connectivity index (χ0v) is 12.3. The van der Waals surface area contributed by atoms with Gasteiger partial charge in [-0.15, -0.1) is 0 Å². The molecule has 2 aromatic rings. The summed E-state index contributed by atoms with van der Waals surface area (Å²) in [4.78, 5) is 0. The van der Waals surface area contributed by atoms with Crippen LogP contribution in [0, 0.1) is 0 Å². The van der Waals surface area contributed by atoms with E-state index in [1.807, 2.05) is 25.2 Å². The van der Waals surface area contributed by atoms with Crippen molar-refractivity contribution >= 4 is 23.2 Å². The Morgan fingerprint density at radius 1 is 1.11 bits per heavy atom. The van der Waals surface area contributed by atoms with E-state index < -0.39 is 0 Å². The monoisotopic (exact) mass is 295 g/mol. The van der Waals surface area contributed by atoms with Crippen molar-refractivity contribution < 1.29 is 4.74 Å². The number of ether oxygens (including phenoxy) is 1. The van der Waals surface area contributed by atoms with E-state index >= 15 is 0 Å². The molecule has 0 bridgehead atoms. The van der Waals surface area contributed by atoms with E-state index in [-0.39, 0.29) is 0 Å². The van der Waals surface area contributed by atoms with Crippen molar-refractivity contribution in [1.82, 2.24) is 5.32 Å². The zero-order valence-electron chi connectivity index (χ0n) is 10.8. The second kappa shape index (κ2) is 6.29. The molecule has 0 aliphatic carbocycles. The number of hydrogen-bond donors (Lipinski definition) is 1. The lowest BCUT2D eigenvalue weighted by Crippen LogP contribution is -2.04. The van der Waals surface area contributed by atoms with Crippen molar-refractivity contribution in [2.24, 2.45) is 0 Å². The first kappa shape index (κ1) is 14.2. The van der Waals surface area contributed by atoms with Crippen LogP contribution in [-0.2, 0) is 6.54 Å². The van der Waals surface area contributed by atoms with Crippen molar-refractivity contribution in [3.63, 3.8) is 0 Å². The average molecular weight is 296 g/mol. The zero-order chi connectivity index (χ0) is 13.8. The smallest absolute Gasteiger partial charge is 0.138 e. The van der Waals surface area contributed by atoms with Crippen LogP contribution in [0.15, 0.2) is 36.4 Å². The predicted octanol–water partition coefficient (Wildman–Crippen LogP) is 4.39. The van der Waals surface area contributed by atoms with Crippen LogP contribution >= 0.6 is 23.2 Å². The maximum absolute atomic E-state index is 6.29. The van der Waals surface area contributed by atoms with Crippen LogP contribution in [0.4, 0.5) is 0 Å². The van der Waals surface area contributed by atoms with Gasteiger partial charge in [0.25, 0.3) is 0 Å². The van der Waals surface area contributed by atoms with E-state index in [4.69, 9.17) is 27.9 Å². The molecule has 19 heavy (non-hydrogen) atoms. The number of methoxy groups -OCH3 is 1. The van der Waals surface area contributed by atoms with Gasteiger partial charge in [-0.2, -0.15) is 0 Å². The second-order valence-electron chi connectivity index (χ2n) is 4.20. The third-order valence-electron chi connectivity index (χ3n) is 2.86. The molecule has 0 saturated carbocycles. The molecule has 2 rings (SSSR count). The molecule has 0 amide bonds. The van der Waals surface area contributed by atoms with E-state index in [0.29, 0.717) is 15.8 Å². The maximum atomic E-state index is 6.29. The Morgan fingerprint density at radius 3 is 2.58 bits per heavy atom. The summed E-state index contributed by atoms with van der Waals surface area (Å²) >= 11 is 12.4. The summed E-state index contributed by atoms with van der Waals surface area (Å²) in [6.45, 7) is 0.815. The Labute approximate surface area is 123 Å². The highest BCUT2D eigenvalue weighted by atomic mass is 35.5. The van der Waals surface area contributed by atoms with Crippen LogP contribution < -0.4 is 10.1 Å². The molecular formula is C15H15Cl2NO. The third kappa shape index (κ3) is 3.21. The summed E-state index contributed by atoms with van der Waals surface area (Å²) in [6, 6.07) is 11.8. The quantitative estimate of drug-likeness (QED) is 0.903. The van der Waals surface area contributed by atoms with Gasteiger partial charge in [-0.25, -0.2) is 0 Å². The standard InChI is InChI=1S/C15H15Cl2NO/c1-18-9-10-4-3-5-11(6-10)12-7-14(17)15(19-2)8-13(12)16/h3-8,18H,9H2,1-2H3. The van der Waals surface area contributed by atoms with E-state index in [9.17, 15) is 0 Å². The molecule has 0 fully saturated rings. The minimum Gasteiger partial charge on any atom is -0.495 e. The molecule has 0 heterocycles. The second-order valence-corrected chi connectivity index (χ2v) is 5.01. The lowest BCUT2D eigenvalue weighted by Gasteiger charge is -2.10. The maximum Gasteiger partial charge on any atom is 0.138 e. The van der Waals surface area contributed by atoms with Crippen LogP contribution in [-0.4, -0.2) is 14.2 Å². The summed E-state index contributed by atoms with van der Waals surface area (Å²) in [7, 11) is 3.49. The van der Waals surface area contributed by atoms with Crippen molar-refractivity contribution in [3.05, 3.63) is 52.0 Å². The van der Waals surface area contributed by atoms with Crippen molar-refractivity contribution in [2.75, 3.05) is 14.2 Å². The Kier molecular flexibility index (Phi) is 4.70. The molecular weight excluding hydrogens is 281 g/mol. The highest BCUT2D eigenvalue weighted by Gasteiger charge is 2.10. The lowest BCUT2D eigenvalue weighted by molar-refractivity contribution is 0.415. The number of hydrogen-bond acceptors (Lipinski definition) is 2. The Morgan fingerprint density at radius 2 is 1.89 bits per heavy atom. The first-order chi connectivity index (χ1) is 9.15. The molecule has 1 N–H and O–H groups in total. The largest absolute Gasteiger partial charge is 0.495 e. The number of nitrogens with one attached hydrogen (secondary N) is 1. The van der Waals surface area contributed by atoms with E-state index in [1.54, 1.807) is 13.2 Å². The van der Waals surface area contributed by atoms with Crippen molar-refractivity contribution in [3.8, 4) is 16.9 Å². The first-order valence-corrected chi connectivity index (χ1v) is 6.68. The molecule has 0 atom stereocenters. The van der Waals surface area contributed by atoms with Crippen LogP contribution in [0.3, 0.4) is 0 Å². The summed E-state index contributed by atoms with van der Waals surface area (Å²) in [6.07, 6.45) is 0. The van der Waals surface area contributed by atoms with Gasteiger partial charge in [0.1, 0.15) is 5.75 Å². The van der Waals surface area contributed by atoms with E-state index in [1.165, 1.54) is 5.56 Å². The van der Waals surface area contributed by atoms with E-state index in [0.717, 1.165) is 17.7 Å². The van der Waals surface area contributed by atoms with Crippen molar-refractivity contribution in [2.45, 2.75) is 6.54 Å². The Balaban J connectivity index is 2.46. The fourth-order valence-electron chi connectivity index (χ4n) is 1.96. The van der Waals surface area contributed by atoms with Crippen LogP contribution in [0.2, 0.25) is 10.0 Å². The fraction of sp³-hybridized carbons (Fsp3) is 0.200. The molecule has 0 radical (unpaired) electrons. The normalized spacial score (nSPS) is 10.5. The lowest BCUT2D eigenvalue weighted by atomic mass is 10.0. The first-order valence-electron chi connectivity index (χ1n) is 5.92. The van der Waals surface area contributed by atoms with Crippen molar-refractivity contribution in [1.29, 1.82) is 0 Å². The molecule has 0 aliphatic heterocycles. The van der Waals surface area contributed by atoms with E-state index in [2.05, 4.69) is 17.4 Å². The average Bonchev–Trinajstić information content (AvgIpc) is 2.41. The number of benzene rings is 2. The van der Waals surface area contributed by atoms with Crippen LogP contribution in [0.25, 0.3) is 11.1 Å². The van der Waals surface area contributed by atoms with Gasteiger partial charge < -0.3 is 10.1 Å². The van der Waals surface area contributed by atoms with Gasteiger partial charge >= 0.3 is 0 Å². The minimum atomic E-state index is 0.556. The summed E-state index contributed by atoms with van der Waals surface area (Å²) in [5.41, 5.74) is 3.15. The molecule has 4 heteroatoms. The van der Waals surface area contributed by atoms with Gasteiger partial charge in [-0.1, -0.05) is 41.4 Å². The summed E-state index contributed by atoms with van der Waals surface area (Å²) in [5, 5.41) is 4.31. The molecule has 2 aromatic carbocycles. The van der Waals surface area contributed by atoms with Crippen LogP contribution in [0.5, 0.6) is 5.75 Å². The number of rotatable bonds is 4. The molecule has 100 valence electrons. The fourth-order valence-corrected chi connectivity index (χ4v) is 2.46. The molecule has 0 saturated heterocycles. The highest BCUT2D eigenvalue weighted by molar-refractivity contribution is 6.36. The molecule has 0 aliphatic rings.